The van der Waals surface area contributed by atoms with Gasteiger partial charge in [-0.3, -0.25) is 4.79 Å². The third-order valence-electron chi connectivity index (χ3n) is 4.89. The second-order valence-electron chi connectivity index (χ2n) is 7.56. The lowest BCUT2D eigenvalue weighted by molar-refractivity contribution is -0.111. The van der Waals surface area contributed by atoms with Gasteiger partial charge in [-0.2, -0.15) is 0 Å². The van der Waals surface area contributed by atoms with Gasteiger partial charge in [-0.05, 0) is 50.6 Å². The van der Waals surface area contributed by atoms with Crippen LogP contribution in [0.3, 0.4) is 0 Å². The molecule has 2 heterocycles. The molecule has 7 heteroatoms. The maximum atomic E-state index is 12.6. The highest BCUT2D eigenvalue weighted by molar-refractivity contribution is 7.09. The molecule has 0 radical (unpaired) electrons. The van der Waals surface area contributed by atoms with Crippen LogP contribution in [0.5, 0.6) is 17.2 Å². The molecule has 0 spiro atoms. The second-order valence-corrected chi connectivity index (χ2v) is 8.63. The molecule has 0 saturated carbocycles. The topological polar surface area (TPSA) is 69.7 Å². The minimum absolute atomic E-state index is 0.124. The Morgan fingerprint density at radius 1 is 1.31 bits per heavy atom. The number of hydrogen-bond acceptors (Lipinski definition) is 6. The van der Waals surface area contributed by atoms with Gasteiger partial charge >= 0.3 is 0 Å². The molecule has 4 rings (SSSR count). The molecule has 6 nitrogen and oxygen atoms in total. The fourth-order valence-corrected chi connectivity index (χ4v) is 4.10. The number of nitrogens with one attached hydrogen (secondary N) is 1. The number of ether oxygens (including phenoxy) is 3. The van der Waals surface area contributed by atoms with Gasteiger partial charge in [0.05, 0.1) is 23.0 Å². The summed E-state index contributed by atoms with van der Waals surface area (Å²) in [6.45, 7) is 6.84. The van der Waals surface area contributed by atoms with Crippen LogP contribution in [0.1, 0.15) is 35.7 Å². The van der Waals surface area contributed by atoms with Crippen molar-refractivity contribution in [3.63, 3.8) is 0 Å². The van der Waals surface area contributed by atoms with Crippen molar-refractivity contribution in [2.45, 2.75) is 39.9 Å². The van der Waals surface area contributed by atoms with E-state index in [0.29, 0.717) is 24.7 Å². The molecular weight excluding hydrogens is 424 g/mol. The third-order valence-corrected chi connectivity index (χ3v) is 5.72. The maximum Gasteiger partial charge on any atom is 0.248 e. The van der Waals surface area contributed by atoms with E-state index >= 15 is 0 Å². The zero-order valence-corrected chi connectivity index (χ0v) is 19.2. The van der Waals surface area contributed by atoms with Gasteiger partial charge < -0.3 is 19.5 Å². The number of aryl methyl sites for hydroxylation is 1. The van der Waals surface area contributed by atoms with Crippen molar-refractivity contribution in [2.75, 3.05) is 11.9 Å². The summed E-state index contributed by atoms with van der Waals surface area (Å²) in [5, 5.41) is 5.91. The Kier molecular flexibility index (Phi) is 6.75. The average molecular weight is 451 g/mol. The lowest BCUT2D eigenvalue weighted by atomic mass is 10.1. The number of hydrogen-bond donors (Lipinski definition) is 1. The monoisotopic (exact) mass is 450 g/mol. The van der Waals surface area contributed by atoms with Gasteiger partial charge in [0.15, 0.2) is 0 Å². The van der Waals surface area contributed by atoms with E-state index in [0.717, 1.165) is 39.7 Å². The minimum Gasteiger partial charge on any atom is -0.492 e. The molecule has 3 aromatic rings. The number of rotatable bonds is 8. The summed E-state index contributed by atoms with van der Waals surface area (Å²) in [6, 6.07) is 11.4. The van der Waals surface area contributed by atoms with Gasteiger partial charge in [-0.15, -0.1) is 11.3 Å². The predicted molar refractivity (Wildman–Crippen MR) is 127 cm³/mol. The molecular formula is C25H26N2O4S. The second kappa shape index (κ2) is 9.87. The van der Waals surface area contributed by atoms with Crippen molar-refractivity contribution in [3.8, 4) is 17.2 Å². The summed E-state index contributed by atoms with van der Waals surface area (Å²) in [5.74, 6) is 1.92. The van der Waals surface area contributed by atoms with Crippen LogP contribution in [0.25, 0.3) is 6.08 Å². The van der Waals surface area contributed by atoms with E-state index in [9.17, 15) is 4.79 Å². The lowest BCUT2D eigenvalue weighted by Crippen LogP contribution is -2.10. The Morgan fingerprint density at radius 2 is 2.19 bits per heavy atom. The molecule has 1 atom stereocenters. The number of carbonyl (C=O) groups excluding carboxylic acids is 1. The highest BCUT2D eigenvalue weighted by Gasteiger charge is 2.22. The van der Waals surface area contributed by atoms with E-state index < -0.39 is 0 Å². The van der Waals surface area contributed by atoms with Crippen molar-refractivity contribution in [1.29, 1.82) is 0 Å². The Hall–Kier alpha value is -3.32. The number of benzene rings is 2. The van der Waals surface area contributed by atoms with E-state index in [4.69, 9.17) is 14.2 Å². The van der Waals surface area contributed by atoms with Crippen molar-refractivity contribution < 1.29 is 19.0 Å². The van der Waals surface area contributed by atoms with Crippen molar-refractivity contribution >= 4 is 29.0 Å². The summed E-state index contributed by atoms with van der Waals surface area (Å²) in [4.78, 5) is 17.0. The highest BCUT2D eigenvalue weighted by Crippen LogP contribution is 2.38. The zero-order valence-electron chi connectivity index (χ0n) is 18.4. The predicted octanol–water partition coefficient (Wildman–Crippen LogP) is 5.40. The van der Waals surface area contributed by atoms with E-state index in [1.165, 1.54) is 6.08 Å². The summed E-state index contributed by atoms with van der Waals surface area (Å²) in [7, 11) is 0. The molecule has 32 heavy (non-hydrogen) atoms. The average Bonchev–Trinajstić information content (AvgIpc) is 3.35. The van der Waals surface area contributed by atoms with Crippen LogP contribution in [0.15, 0.2) is 47.9 Å². The molecule has 1 aliphatic rings. The van der Waals surface area contributed by atoms with Gasteiger partial charge in [0.1, 0.15) is 30.0 Å². The minimum atomic E-state index is -0.249. The van der Waals surface area contributed by atoms with Crippen molar-refractivity contribution in [2.24, 2.45) is 0 Å². The Labute approximate surface area is 191 Å². The number of aromatic nitrogens is 1. The van der Waals surface area contributed by atoms with Crippen molar-refractivity contribution in [1.82, 2.24) is 4.98 Å². The van der Waals surface area contributed by atoms with E-state index in [-0.39, 0.29) is 12.0 Å². The van der Waals surface area contributed by atoms with Gasteiger partial charge in [0, 0.05) is 29.5 Å². The van der Waals surface area contributed by atoms with E-state index in [1.807, 2.05) is 62.5 Å². The van der Waals surface area contributed by atoms with Gasteiger partial charge in [0.2, 0.25) is 5.91 Å². The van der Waals surface area contributed by atoms with Gasteiger partial charge in [-0.1, -0.05) is 12.1 Å². The molecule has 1 amide bonds. The fraction of sp³-hybridized carbons (Fsp3) is 0.280. The quantitative estimate of drug-likeness (QED) is 0.465. The molecule has 1 aromatic heterocycles. The fourth-order valence-electron chi connectivity index (χ4n) is 3.50. The van der Waals surface area contributed by atoms with Crippen molar-refractivity contribution in [3.05, 3.63) is 69.7 Å². The molecule has 0 bridgehead atoms. The van der Waals surface area contributed by atoms with Crippen LogP contribution >= 0.6 is 11.3 Å². The van der Waals surface area contributed by atoms with Gasteiger partial charge in [-0.25, -0.2) is 4.98 Å². The number of fused-ring (bicyclic) bond motifs is 1. The van der Waals surface area contributed by atoms with Gasteiger partial charge in [0.25, 0.3) is 0 Å². The molecule has 1 N–H and O–H groups in total. The molecule has 0 aliphatic carbocycles. The lowest BCUT2D eigenvalue weighted by Gasteiger charge is -2.12. The van der Waals surface area contributed by atoms with Crippen LogP contribution in [0, 0.1) is 6.92 Å². The van der Waals surface area contributed by atoms with Crippen LogP contribution in [-0.4, -0.2) is 23.6 Å². The third kappa shape index (κ3) is 5.48. The first-order valence-corrected chi connectivity index (χ1v) is 11.5. The maximum absolute atomic E-state index is 12.6. The number of carbonyl (C=O) groups is 1. The first-order chi connectivity index (χ1) is 15.5. The number of amides is 1. The Balaban J connectivity index is 1.41. The standard InChI is InChI=1S/C25H26N2O4S/c1-4-29-24-12-19-10-16(2)31-23(19)13-22(24)27-25(28)9-8-18-6-5-7-21(11-18)30-14-20-15-32-17(3)26-20/h5-9,11-13,15-16H,4,10,14H2,1-3H3,(H,27,28)/b9-8+. The molecule has 166 valence electrons. The smallest absolute Gasteiger partial charge is 0.248 e. The SMILES string of the molecule is CCOc1cc2c(cc1NC(=O)/C=C/c1cccc(OCc3csc(C)n3)c1)OC(C)C2. The normalized spacial score (nSPS) is 14.8. The van der Waals surface area contributed by atoms with Crippen LogP contribution in [0.4, 0.5) is 5.69 Å². The largest absolute Gasteiger partial charge is 0.492 e. The van der Waals surface area contributed by atoms with E-state index in [2.05, 4.69) is 10.3 Å². The van der Waals surface area contributed by atoms with Crippen LogP contribution < -0.4 is 19.5 Å². The molecule has 0 fully saturated rings. The van der Waals surface area contributed by atoms with Crippen LogP contribution in [-0.2, 0) is 17.8 Å². The van der Waals surface area contributed by atoms with E-state index in [1.54, 1.807) is 17.4 Å². The number of thiazole rings is 1. The van der Waals surface area contributed by atoms with Crippen LogP contribution in [0.2, 0.25) is 0 Å². The first-order valence-electron chi connectivity index (χ1n) is 10.6. The summed E-state index contributed by atoms with van der Waals surface area (Å²) < 4.78 is 17.4. The summed E-state index contributed by atoms with van der Waals surface area (Å²) in [5.41, 5.74) is 3.47. The molecule has 0 saturated heterocycles. The summed E-state index contributed by atoms with van der Waals surface area (Å²) >= 11 is 1.60. The Bertz CT molecular complexity index is 1140. The number of anilines is 1. The molecule has 2 aromatic carbocycles. The molecule has 1 unspecified atom stereocenters. The zero-order chi connectivity index (χ0) is 22.5. The Morgan fingerprint density at radius 3 is 2.97 bits per heavy atom. The summed E-state index contributed by atoms with van der Waals surface area (Å²) in [6.07, 6.45) is 4.21. The highest BCUT2D eigenvalue weighted by atomic mass is 32.1. The first kappa shape index (κ1) is 21.9. The molecule has 1 aliphatic heterocycles. The number of nitrogens with zero attached hydrogens (tertiary/aromatic N) is 1.